The molecule has 2 heterocycles. The number of ether oxygens (including phenoxy) is 2. The van der Waals surface area contributed by atoms with Crippen LogP contribution in [0.2, 0.25) is 0 Å². The summed E-state index contributed by atoms with van der Waals surface area (Å²) in [6.45, 7) is 4.71. The van der Waals surface area contributed by atoms with E-state index in [0.717, 1.165) is 25.4 Å². The maximum atomic E-state index is 11.5. The van der Waals surface area contributed by atoms with E-state index < -0.39 is 0 Å². The maximum absolute atomic E-state index is 11.5. The van der Waals surface area contributed by atoms with E-state index in [1.807, 2.05) is 6.92 Å². The van der Waals surface area contributed by atoms with E-state index in [4.69, 9.17) is 9.47 Å². The highest BCUT2D eigenvalue weighted by Gasteiger charge is 2.44. The number of rotatable bonds is 5. The average Bonchev–Trinajstić information content (AvgIpc) is 2.96. The first kappa shape index (κ1) is 17.2. The van der Waals surface area contributed by atoms with Crippen LogP contribution in [0.5, 0.6) is 0 Å². The van der Waals surface area contributed by atoms with Crippen LogP contribution in [0.3, 0.4) is 0 Å². The van der Waals surface area contributed by atoms with Gasteiger partial charge in [-0.2, -0.15) is 0 Å². The molecular weight excluding hydrogens is 290 g/mol. The molecule has 0 amide bonds. The topological polar surface area (TPSA) is 38.8 Å². The lowest BCUT2D eigenvalue weighted by Crippen LogP contribution is -2.52. The van der Waals surface area contributed by atoms with Crippen molar-refractivity contribution < 1.29 is 14.3 Å². The summed E-state index contributed by atoms with van der Waals surface area (Å²) in [5.74, 6) is -0.0791. The van der Waals surface area contributed by atoms with Crippen LogP contribution in [0.4, 0.5) is 0 Å². The molecule has 0 radical (unpaired) electrons. The Hall–Kier alpha value is -0.610. The minimum absolute atomic E-state index is 0.0784. The van der Waals surface area contributed by atoms with Crippen molar-refractivity contribution in [3.05, 3.63) is 0 Å². The lowest BCUT2D eigenvalue weighted by atomic mass is 9.86. The Labute approximate surface area is 140 Å². The first-order valence-corrected chi connectivity index (χ1v) is 9.78. The minimum Gasteiger partial charge on any atom is -0.466 e. The van der Waals surface area contributed by atoms with Crippen molar-refractivity contribution in [2.24, 2.45) is 0 Å². The zero-order chi connectivity index (χ0) is 16.1. The monoisotopic (exact) mass is 323 g/mol. The molecule has 3 aliphatic rings. The highest BCUT2D eigenvalue weighted by Crippen LogP contribution is 2.40. The van der Waals surface area contributed by atoms with Crippen LogP contribution in [0.15, 0.2) is 0 Å². The van der Waals surface area contributed by atoms with Crippen molar-refractivity contribution in [3.63, 3.8) is 0 Å². The van der Waals surface area contributed by atoms with Gasteiger partial charge >= 0.3 is 5.97 Å². The fourth-order valence-electron chi connectivity index (χ4n) is 4.80. The molecule has 4 heteroatoms. The first-order chi connectivity index (χ1) is 11.2. The van der Waals surface area contributed by atoms with Crippen LogP contribution >= 0.6 is 0 Å². The van der Waals surface area contributed by atoms with E-state index in [1.165, 1.54) is 57.9 Å². The van der Waals surface area contributed by atoms with E-state index in [0.29, 0.717) is 13.0 Å². The molecule has 0 aromatic carbocycles. The van der Waals surface area contributed by atoms with Gasteiger partial charge in [-0.3, -0.25) is 9.69 Å². The number of likely N-dealkylation sites (tertiary alicyclic amines) is 1. The van der Waals surface area contributed by atoms with Gasteiger partial charge < -0.3 is 9.47 Å². The van der Waals surface area contributed by atoms with Gasteiger partial charge in [0.2, 0.25) is 0 Å². The zero-order valence-electron chi connectivity index (χ0n) is 14.7. The summed E-state index contributed by atoms with van der Waals surface area (Å²) in [6, 6.07) is 0.795. The third-order valence-corrected chi connectivity index (χ3v) is 5.97. The van der Waals surface area contributed by atoms with Gasteiger partial charge in [0.05, 0.1) is 18.3 Å². The van der Waals surface area contributed by atoms with Crippen molar-refractivity contribution in [2.75, 3.05) is 19.7 Å². The molecule has 1 saturated carbocycles. The summed E-state index contributed by atoms with van der Waals surface area (Å²) < 4.78 is 11.5. The number of carbonyl (C=O) groups is 1. The molecule has 0 N–H and O–H groups in total. The standard InChI is InChI=1S/C19H33NO3/c1-2-22-18(21)10-9-17-11-13-19(23-17)12-6-14-20(15-19)16-7-4-3-5-8-16/h16-17H,2-15H2,1H3/t17-,19-/m0/s1. The predicted octanol–water partition coefficient (Wildman–Crippen LogP) is 3.68. The van der Waals surface area contributed by atoms with E-state index in [-0.39, 0.29) is 17.7 Å². The number of esters is 1. The van der Waals surface area contributed by atoms with Gasteiger partial charge in [-0.05, 0) is 58.4 Å². The van der Waals surface area contributed by atoms with Gasteiger partial charge in [0, 0.05) is 19.0 Å². The molecule has 3 rings (SSSR count). The fraction of sp³-hybridized carbons (Fsp3) is 0.947. The molecule has 1 spiro atoms. The first-order valence-electron chi connectivity index (χ1n) is 9.78. The summed E-state index contributed by atoms with van der Waals surface area (Å²) in [5, 5.41) is 0. The van der Waals surface area contributed by atoms with Crippen LogP contribution in [-0.4, -0.2) is 48.3 Å². The number of carbonyl (C=O) groups excluding carboxylic acids is 1. The quantitative estimate of drug-likeness (QED) is 0.724. The molecule has 0 aromatic rings. The molecule has 1 aliphatic carbocycles. The average molecular weight is 323 g/mol. The molecule has 3 fully saturated rings. The molecule has 2 aliphatic heterocycles. The van der Waals surface area contributed by atoms with Crippen molar-refractivity contribution >= 4 is 5.97 Å². The molecule has 2 saturated heterocycles. The van der Waals surface area contributed by atoms with Gasteiger partial charge in [-0.15, -0.1) is 0 Å². The second-order valence-corrected chi connectivity index (χ2v) is 7.67. The Morgan fingerprint density at radius 3 is 2.78 bits per heavy atom. The van der Waals surface area contributed by atoms with Crippen LogP contribution in [0.25, 0.3) is 0 Å². The molecule has 23 heavy (non-hydrogen) atoms. The SMILES string of the molecule is CCOC(=O)CC[C@H]1CC[C@]2(CCCN(C3CCCCC3)C2)O1. The molecule has 0 aromatic heterocycles. The molecule has 0 unspecified atom stereocenters. The molecule has 132 valence electrons. The Balaban J connectivity index is 1.48. The van der Waals surface area contributed by atoms with Crippen molar-refractivity contribution in [3.8, 4) is 0 Å². The normalized spacial score (nSPS) is 33.2. The highest BCUT2D eigenvalue weighted by atomic mass is 16.5. The number of piperidine rings is 1. The molecule has 0 bridgehead atoms. The summed E-state index contributed by atoms with van der Waals surface area (Å²) in [6.07, 6.45) is 13.3. The third kappa shape index (κ3) is 4.48. The van der Waals surface area contributed by atoms with Crippen molar-refractivity contribution in [1.29, 1.82) is 0 Å². The molecular formula is C19H33NO3. The number of hydrogen-bond acceptors (Lipinski definition) is 4. The van der Waals surface area contributed by atoms with Gasteiger partial charge in [0.1, 0.15) is 0 Å². The number of nitrogens with zero attached hydrogens (tertiary/aromatic N) is 1. The van der Waals surface area contributed by atoms with Crippen LogP contribution in [-0.2, 0) is 14.3 Å². The Morgan fingerprint density at radius 2 is 2.00 bits per heavy atom. The summed E-state index contributed by atoms with van der Waals surface area (Å²) in [4.78, 5) is 14.3. The van der Waals surface area contributed by atoms with Crippen LogP contribution in [0, 0.1) is 0 Å². The van der Waals surface area contributed by atoms with Gasteiger partial charge in [0.25, 0.3) is 0 Å². The van der Waals surface area contributed by atoms with Gasteiger partial charge in [0.15, 0.2) is 0 Å². The lowest BCUT2D eigenvalue weighted by Gasteiger charge is -2.44. The van der Waals surface area contributed by atoms with Crippen LogP contribution in [0.1, 0.15) is 77.6 Å². The Kier molecular flexibility index (Phi) is 5.97. The smallest absolute Gasteiger partial charge is 0.305 e. The highest BCUT2D eigenvalue weighted by molar-refractivity contribution is 5.69. The van der Waals surface area contributed by atoms with E-state index >= 15 is 0 Å². The number of hydrogen-bond donors (Lipinski definition) is 0. The largest absolute Gasteiger partial charge is 0.466 e. The predicted molar refractivity (Wildman–Crippen MR) is 90.4 cm³/mol. The summed E-state index contributed by atoms with van der Waals surface area (Å²) in [7, 11) is 0. The van der Waals surface area contributed by atoms with E-state index in [9.17, 15) is 4.79 Å². The third-order valence-electron chi connectivity index (χ3n) is 5.97. The second-order valence-electron chi connectivity index (χ2n) is 7.67. The van der Waals surface area contributed by atoms with Crippen molar-refractivity contribution in [2.45, 2.75) is 95.3 Å². The van der Waals surface area contributed by atoms with E-state index in [1.54, 1.807) is 0 Å². The summed E-state index contributed by atoms with van der Waals surface area (Å²) >= 11 is 0. The zero-order valence-corrected chi connectivity index (χ0v) is 14.7. The Bertz CT molecular complexity index is 394. The molecule has 2 atom stereocenters. The fourth-order valence-corrected chi connectivity index (χ4v) is 4.80. The summed E-state index contributed by atoms with van der Waals surface area (Å²) in [5.41, 5.74) is 0.0784. The molecule has 4 nitrogen and oxygen atoms in total. The Morgan fingerprint density at radius 1 is 1.17 bits per heavy atom. The van der Waals surface area contributed by atoms with Gasteiger partial charge in [-0.1, -0.05) is 19.3 Å². The van der Waals surface area contributed by atoms with Crippen LogP contribution < -0.4 is 0 Å². The second kappa shape index (κ2) is 7.98. The van der Waals surface area contributed by atoms with Crippen molar-refractivity contribution in [1.82, 2.24) is 4.90 Å². The van der Waals surface area contributed by atoms with Gasteiger partial charge in [-0.25, -0.2) is 0 Å². The maximum Gasteiger partial charge on any atom is 0.305 e. The lowest BCUT2D eigenvalue weighted by molar-refractivity contribution is -0.144. The van der Waals surface area contributed by atoms with E-state index in [2.05, 4.69) is 4.90 Å². The minimum atomic E-state index is -0.0791.